The molecule has 4 nitrogen and oxygen atoms in total. The van der Waals surface area contributed by atoms with Gasteiger partial charge in [-0.2, -0.15) is 0 Å². The van der Waals surface area contributed by atoms with Crippen LogP contribution in [0.3, 0.4) is 0 Å². The number of hydrogen-bond donors (Lipinski definition) is 1. The summed E-state index contributed by atoms with van der Waals surface area (Å²) in [5.41, 5.74) is 3.73. The van der Waals surface area contributed by atoms with Gasteiger partial charge < -0.3 is 9.63 Å². The highest BCUT2D eigenvalue weighted by molar-refractivity contribution is 7.97. The smallest absolute Gasteiger partial charge is 0.358 e. The van der Waals surface area contributed by atoms with E-state index >= 15 is 0 Å². The van der Waals surface area contributed by atoms with Crippen LogP contribution in [0.2, 0.25) is 0 Å². The van der Waals surface area contributed by atoms with Crippen LogP contribution in [-0.4, -0.2) is 16.2 Å². The second-order valence-electron chi connectivity index (χ2n) is 4.47. The van der Waals surface area contributed by atoms with Crippen molar-refractivity contribution in [2.24, 2.45) is 0 Å². The molecule has 2 aromatic rings. The first kappa shape index (κ1) is 13.7. The molecule has 0 aliphatic rings. The summed E-state index contributed by atoms with van der Waals surface area (Å²) in [7, 11) is 0. The molecular weight excluding hydrogens is 262 g/mol. The van der Waals surface area contributed by atoms with Crippen LogP contribution in [0.1, 0.15) is 32.9 Å². The molecule has 1 heterocycles. The van der Waals surface area contributed by atoms with Crippen molar-refractivity contribution in [2.45, 2.75) is 25.4 Å². The highest BCUT2D eigenvalue weighted by Gasteiger charge is 2.10. The second kappa shape index (κ2) is 5.93. The number of aromatic carboxylic acids is 1. The normalized spacial score (nSPS) is 10.6. The first-order valence-corrected chi connectivity index (χ1v) is 7.04. The number of rotatable bonds is 5. The van der Waals surface area contributed by atoms with Gasteiger partial charge >= 0.3 is 5.97 Å². The molecule has 0 unspecified atom stereocenters. The van der Waals surface area contributed by atoms with Crippen molar-refractivity contribution in [3.05, 3.63) is 52.4 Å². The SMILES string of the molecule is Cc1cc(C)cc(CSCc2cc(C(=O)O)no2)c1. The van der Waals surface area contributed by atoms with Crippen molar-refractivity contribution in [3.8, 4) is 0 Å². The third kappa shape index (κ3) is 3.86. The molecule has 0 aliphatic heterocycles. The van der Waals surface area contributed by atoms with E-state index in [4.69, 9.17) is 9.63 Å². The number of aromatic nitrogens is 1. The summed E-state index contributed by atoms with van der Waals surface area (Å²) in [5.74, 6) is 1.01. The van der Waals surface area contributed by atoms with Crippen LogP contribution in [0.5, 0.6) is 0 Å². The minimum atomic E-state index is -1.06. The van der Waals surface area contributed by atoms with Gasteiger partial charge in [0.2, 0.25) is 0 Å². The molecule has 0 bridgehead atoms. The zero-order chi connectivity index (χ0) is 13.8. The topological polar surface area (TPSA) is 63.3 Å². The van der Waals surface area contributed by atoms with Gasteiger partial charge in [-0.1, -0.05) is 34.5 Å². The predicted molar refractivity (Wildman–Crippen MR) is 74.4 cm³/mol. The number of hydrogen-bond acceptors (Lipinski definition) is 4. The van der Waals surface area contributed by atoms with E-state index in [1.54, 1.807) is 11.8 Å². The largest absolute Gasteiger partial charge is 0.476 e. The molecular formula is C14H15NO3S. The molecule has 19 heavy (non-hydrogen) atoms. The van der Waals surface area contributed by atoms with Gasteiger partial charge in [-0.15, -0.1) is 11.8 Å². The lowest BCUT2D eigenvalue weighted by atomic mass is 10.1. The van der Waals surface area contributed by atoms with Crippen molar-refractivity contribution < 1.29 is 14.4 Å². The Morgan fingerprint density at radius 2 is 1.89 bits per heavy atom. The maximum atomic E-state index is 10.7. The van der Waals surface area contributed by atoms with Gasteiger partial charge in [-0.05, 0) is 19.4 Å². The van der Waals surface area contributed by atoms with E-state index in [1.807, 2.05) is 0 Å². The predicted octanol–water partition coefficient (Wildman–Crippen LogP) is 3.42. The van der Waals surface area contributed by atoms with Crippen LogP contribution < -0.4 is 0 Å². The van der Waals surface area contributed by atoms with E-state index in [2.05, 4.69) is 37.2 Å². The van der Waals surface area contributed by atoms with Gasteiger partial charge in [-0.3, -0.25) is 0 Å². The number of thioether (sulfide) groups is 1. The van der Waals surface area contributed by atoms with Crippen molar-refractivity contribution in [1.29, 1.82) is 0 Å². The number of nitrogens with zero attached hydrogens (tertiary/aromatic N) is 1. The average Bonchev–Trinajstić information content (AvgIpc) is 2.76. The average molecular weight is 277 g/mol. The molecule has 0 atom stereocenters. The minimum Gasteiger partial charge on any atom is -0.476 e. The van der Waals surface area contributed by atoms with E-state index in [1.165, 1.54) is 22.8 Å². The Hall–Kier alpha value is -1.75. The third-order valence-corrected chi connectivity index (χ3v) is 3.60. The first-order chi connectivity index (χ1) is 9.04. The Bertz CT molecular complexity index is 572. The number of carboxylic acid groups (broad SMARTS) is 1. The quantitative estimate of drug-likeness (QED) is 0.907. The Balaban J connectivity index is 1.90. The van der Waals surface area contributed by atoms with Gasteiger partial charge in [0.05, 0.1) is 5.75 Å². The summed E-state index contributed by atoms with van der Waals surface area (Å²) in [5, 5.41) is 12.2. The van der Waals surface area contributed by atoms with Crippen molar-refractivity contribution in [1.82, 2.24) is 5.16 Å². The van der Waals surface area contributed by atoms with Gasteiger partial charge in [0.15, 0.2) is 5.69 Å². The number of carbonyl (C=O) groups is 1. The molecule has 0 aliphatic carbocycles. The number of aryl methyl sites for hydroxylation is 2. The maximum absolute atomic E-state index is 10.7. The van der Waals surface area contributed by atoms with Gasteiger partial charge in [-0.25, -0.2) is 4.79 Å². The van der Waals surface area contributed by atoms with Crippen LogP contribution in [0.4, 0.5) is 0 Å². The van der Waals surface area contributed by atoms with Crippen LogP contribution >= 0.6 is 11.8 Å². The molecule has 0 saturated heterocycles. The molecule has 0 saturated carbocycles. The molecule has 1 N–H and O–H groups in total. The van der Waals surface area contributed by atoms with Crippen LogP contribution in [0.15, 0.2) is 28.8 Å². The Morgan fingerprint density at radius 1 is 1.21 bits per heavy atom. The second-order valence-corrected chi connectivity index (χ2v) is 5.46. The first-order valence-electron chi connectivity index (χ1n) is 5.88. The molecule has 2 rings (SSSR count). The monoisotopic (exact) mass is 277 g/mol. The van der Waals surface area contributed by atoms with Gasteiger partial charge in [0.1, 0.15) is 5.76 Å². The summed E-state index contributed by atoms with van der Waals surface area (Å²) >= 11 is 1.68. The van der Waals surface area contributed by atoms with E-state index < -0.39 is 5.97 Å². The van der Waals surface area contributed by atoms with E-state index in [0.29, 0.717) is 11.5 Å². The fraction of sp³-hybridized carbons (Fsp3) is 0.286. The van der Waals surface area contributed by atoms with Crippen molar-refractivity contribution in [3.63, 3.8) is 0 Å². The molecule has 0 fully saturated rings. The molecule has 0 radical (unpaired) electrons. The summed E-state index contributed by atoms with van der Waals surface area (Å²) < 4.78 is 4.96. The van der Waals surface area contributed by atoms with E-state index in [0.717, 1.165) is 5.75 Å². The van der Waals surface area contributed by atoms with Crippen LogP contribution in [0.25, 0.3) is 0 Å². The highest BCUT2D eigenvalue weighted by atomic mass is 32.2. The Kier molecular flexibility index (Phi) is 4.27. The van der Waals surface area contributed by atoms with Gasteiger partial charge in [0.25, 0.3) is 0 Å². The molecule has 0 spiro atoms. The summed E-state index contributed by atoms with van der Waals surface area (Å²) in [4.78, 5) is 10.7. The summed E-state index contributed by atoms with van der Waals surface area (Å²) in [6.07, 6.45) is 0. The lowest BCUT2D eigenvalue weighted by molar-refractivity contribution is 0.0685. The number of carboxylic acids is 1. The lowest BCUT2D eigenvalue weighted by Gasteiger charge is -2.03. The molecule has 0 amide bonds. The molecule has 1 aromatic carbocycles. The lowest BCUT2D eigenvalue weighted by Crippen LogP contribution is -1.94. The molecule has 1 aromatic heterocycles. The summed E-state index contributed by atoms with van der Waals surface area (Å²) in [6, 6.07) is 7.92. The zero-order valence-corrected chi connectivity index (χ0v) is 11.7. The van der Waals surface area contributed by atoms with Crippen molar-refractivity contribution >= 4 is 17.7 Å². The van der Waals surface area contributed by atoms with Crippen LogP contribution in [-0.2, 0) is 11.5 Å². The number of benzene rings is 1. The fourth-order valence-corrected chi connectivity index (χ4v) is 2.75. The Morgan fingerprint density at radius 3 is 2.47 bits per heavy atom. The highest BCUT2D eigenvalue weighted by Crippen LogP contribution is 2.20. The zero-order valence-electron chi connectivity index (χ0n) is 10.8. The fourth-order valence-electron chi connectivity index (χ4n) is 1.90. The van der Waals surface area contributed by atoms with E-state index in [9.17, 15) is 4.79 Å². The Labute approximate surface area is 115 Å². The minimum absolute atomic E-state index is 0.0398. The third-order valence-electron chi connectivity index (χ3n) is 2.57. The van der Waals surface area contributed by atoms with Crippen LogP contribution in [0, 0.1) is 13.8 Å². The van der Waals surface area contributed by atoms with E-state index in [-0.39, 0.29) is 5.69 Å². The van der Waals surface area contributed by atoms with Gasteiger partial charge in [0, 0.05) is 11.8 Å². The molecule has 100 valence electrons. The maximum Gasteiger partial charge on any atom is 0.358 e. The molecule has 5 heteroatoms. The van der Waals surface area contributed by atoms with Crippen molar-refractivity contribution in [2.75, 3.05) is 0 Å². The summed E-state index contributed by atoms with van der Waals surface area (Å²) in [6.45, 7) is 4.16. The standard InChI is InChI=1S/C14H15NO3S/c1-9-3-10(2)5-11(4-9)7-19-8-12-6-13(14(16)17)15-18-12/h3-6H,7-8H2,1-2H3,(H,16,17).